The van der Waals surface area contributed by atoms with Crippen LogP contribution in [0.4, 0.5) is 5.69 Å². The van der Waals surface area contributed by atoms with E-state index in [1.807, 2.05) is 18.2 Å². The summed E-state index contributed by atoms with van der Waals surface area (Å²) in [5, 5.41) is 14.0. The van der Waals surface area contributed by atoms with Crippen LogP contribution in [-0.2, 0) is 22.9 Å². The van der Waals surface area contributed by atoms with E-state index >= 15 is 0 Å². The molecule has 0 aliphatic carbocycles. The van der Waals surface area contributed by atoms with Gasteiger partial charge >= 0.3 is 5.97 Å². The van der Waals surface area contributed by atoms with Crippen molar-refractivity contribution in [2.24, 2.45) is 0 Å². The molecule has 4 N–H and O–H groups in total. The average molecular weight is 534 g/mol. The summed E-state index contributed by atoms with van der Waals surface area (Å²) >= 11 is 0. The molecule has 200 valence electrons. The Morgan fingerprint density at radius 1 is 0.895 bits per heavy atom. The van der Waals surface area contributed by atoms with Crippen LogP contribution >= 0.6 is 0 Å². The van der Waals surface area contributed by atoms with Gasteiger partial charge in [0.1, 0.15) is 0 Å². The lowest BCUT2D eigenvalue weighted by molar-refractivity contribution is 0.0697. The van der Waals surface area contributed by atoms with Crippen molar-refractivity contribution in [1.29, 1.82) is 0 Å². The highest BCUT2D eigenvalue weighted by Crippen LogP contribution is 2.32. The number of carboxylic acids is 1. The van der Waals surface area contributed by atoms with Crippen LogP contribution in [0.25, 0.3) is 22.2 Å². The Morgan fingerprint density at radius 2 is 1.61 bits per heavy atom. The maximum Gasteiger partial charge on any atom is 0.335 e. The standard InChI is InChI=1S/C30H35N3O4S/c1-20-16-21(2)18-24(17-20)29-26(27-19-23(30(34)35)9-12-28(27)32-29)13-15-31-14-5-4-6-22-7-10-25(11-8-22)33-38(3,36)37/h7-12,16-19,31-33H,4-6,13-15H2,1-3H3,(H,34,35). The number of rotatable bonds is 12. The topological polar surface area (TPSA) is 111 Å². The number of H-pyrrole nitrogens is 1. The molecule has 0 unspecified atom stereocenters. The number of aromatic carboxylic acids is 1. The molecular weight excluding hydrogens is 498 g/mol. The molecule has 38 heavy (non-hydrogen) atoms. The van der Waals surface area contributed by atoms with E-state index in [1.54, 1.807) is 24.3 Å². The van der Waals surface area contributed by atoms with Crippen LogP contribution in [0.5, 0.6) is 0 Å². The Kier molecular flexibility index (Phi) is 8.54. The first-order valence-electron chi connectivity index (χ1n) is 12.8. The second-order valence-electron chi connectivity index (χ2n) is 9.95. The van der Waals surface area contributed by atoms with E-state index in [1.165, 1.54) is 16.7 Å². The molecule has 0 saturated heterocycles. The monoisotopic (exact) mass is 533 g/mol. The third kappa shape index (κ3) is 7.24. The number of carbonyl (C=O) groups is 1. The van der Waals surface area contributed by atoms with Gasteiger partial charge in [-0.25, -0.2) is 13.2 Å². The van der Waals surface area contributed by atoms with E-state index < -0.39 is 16.0 Å². The first kappa shape index (κ1) is 27.4. The summed E-state index contributed by atoms with van der Waals surface area (Å²) < 4.78 is 25.2. The largest absolute Gasteiger partial charge is 0.478 e. The lowest BCUT2D eigenvalue weighted by Gasteiger charge is -2.09. The van der Waals surface area contributed by atoms with Crippen LogP contribution in [0.2, 0.25) is 0 Å². The molecule has 0 spiro atoms. The number of hydrogen-bond donors (Lipinski definition) is 4. The fraction of sp³-hybridized carbons (Fsp3) is 0.300. The van der Waals surface area contributed by atoms with Crippen molar-refractivity contribution >= 4 is 32.6 Å². The van der Waals surface area contributed by atoms with E-state index in [0.717, 1.165) is 72.8 Å². The molecule has 0 fully saturated rings. The molecule has 0 aliphatic heterocycles. The number of carboxylic acid groups (broad SMARTS) is 1. The number of aromatic nitrogens is 1. The zero-order chi connectivity index (χ0) is 27.3. The summed E-state index contributed by atoms with van der Waals surface area (Å²) in [5.74, 6) is -0.925. The highest BCUT2D eigenvalue weighted by Gasteiger charge is 2.16. The molecule has 0 radical (unpaired) electrons. The van der Waals surface area contributed by atoms with Crippen molar-refractivity contribution in [3.63, 3.8) is 0 Å². The Labute approximate surface area is 224 Å². The van der Waals surface area contributed by atoms with Crippen LogP contribution in [-0.4, -0.2) is 43.8 Å². The van der Waals surface area contributed by atoms with Gasteiger partial charge in [0.15, 0.2) is 0 Å². The Hall–Kier alpha value is -3.62. The number of aromatic amines is 1. The molecule has 1 heterocycles. The second kappa shape index (κ2) is 11.8. The molecule has 3 aromatic carbocycles. The molecule has 0 bridgehead atoms. The van der Waals surface area contributed by atoms with Gasteiger partial charge in [0.2, 0.25) is 10.0 Å². The maximum atomic E-state index is 11.6. The minimum Gasteiger partial charge on any atom is -0.478 e. The second-order valence-corrected chi connectivity index (χ2v) is 11.7. The summed E-state index contributed by atoms with van der Waals surface area (Å²) in [5.41, 5.74) is 8.65. The minimum atomic E-state index is -3.26. The lowest BCUT2D eigenvalue weighted by Crippen LogP contribution is -2.18. The number of benzene rings is 3. The minimum absolute atomic E-state index is 0.290. The molecule has 4 rings (SSSR count). The van der Waals surface area contributed by atoms with Crippen LogP contribution in [0, 0.1) is 13.8 Å². The third-order valence-corrected chi connectivity index (χ3v) is 7.15. The van der Waals surface area contributed by atoms with Crippen molar-refractivity contribution < 1.29 is 18.3 Å². The molecular formula is C30H35N3O4S. The molecule has 8 heteroatoms. The fourth-order valence-corrected chi connectivity index (χ4v) is 5.44. The highest BCUT2D eigenvalue weighted by molar-refractivity contribution is 7.92. The quantitative estimate of drug-likeness (QED) is 0.175. The van der Waals surface area contributed by atoms with Gasteiger partial charge in [-0.1, -0.05) is 29.3 Å². The van der Waals surface area contributed by atoms with E-state index in [0.29, 0.717) is 5.69 Å². The number of unbranched alkanes of at least 4 members (excludes halogenated alkanes) is 1. The Bertz CT molecular complexity index is 1520. The van der Waals surface area contributed by atoms with E-state index in [-0.39, 0.29) is 5.56 Å². The normalized spacial score (nSPS) is 11.7. The molecule has 0 amide bonds. The van der Waals surface area contributed by atoms with E-state index in [9.17, 15) is 18.3 Å². The summed E-state index contributed by atoms with van der Waals surface area (Å²) in [6, 6.07) is 19.2. The number of sulfonamides is 1. The van der Waals surface area contributed by atoms with Gasteiger partial charge in [-0.3, -0.25) is 4.72 Å². The van der Waals surface area contributed by atoms with Crippen molar-refractivity contribution in [2.75, 3.05) is 24.1 Å². The number of hydrogen-bond acceptors (Lipinski definition) is 4. The number of fused-ring (bicyclic) bond motifs is 1. The van der Waals surface area contributed by atoms with Gasteiger partial charge < -0.3 is 15.4 Å². The summed E-state index contributed by atoms with van der Waals surface area (Å²) in [7, 11) is -3.26. The molecule has 0 atom stereocenters. The highest BCUT2D eigenvalue weighted by atomic mass is 32.2. The summed E-state index contributed by atoms with van der Waals surface area (Å²) in [6.45, 7) is 5.84. The van der Waals surface area contributed by atoms with Crippen molar-refractivity contribution in [3.8, 4) is 11.3 Å². The van der Waals surface area contributed by atoms with Crippen LogP contribution in [0.1, 0.15) is 45.5 Å². The van der Waals surface area contributed by atoms with Gasteiger partial charge in [0, 0.05) is 22.3 Å². The predicted octanol–water partition coefficient (Wildman–Crippen LogP) is 5.68. The van der Waals surface area contributed by atoms with Gasteiger partial charge in [-0.15, -0.1) is 0 Å². The van der Waals surface area contributed by atoms with Crippen LogP contribution < -0.4 is 10.0 Å². The first-order valence-corrected chi connectivity index (χ1v) is 14.7. The average Bonchev–Trinajstić information content (AvgIpc) is 3.21. The zero-order valence-corrected chi connectivity index (χ0v) is 22.9. The number of anilines is 1. The SMILES string of the molecule is Cc1cc(C)cc(-c2[nH]c3ccc(C(=O)O)cc3c2CCNCCCCc2ccc(NS(C)(=O)=O)cc2)c1. The van der Waals surface area contributed by atoms with Gasteiger partial charge in [-0.05, 0) is 112 Å². The van der Waals surface area contributed by atoms with Gasteiger partial charge in [0.05, 0.1) is 11.8 Å². The predicted molar refractivity (Wildman–Crippen MR) is 155 cm³/mol. The molecule has 4 aromatic rings. The number of nitrogens with one attached hydrogen (secondary N) is 3. The summed E-state index contributed by atoms with van der Waals surface area (Å²) in [4.78, 5) is 15.1. The number of aryl methyl sites for hydroxylation is 3. The summed E-state index contributed by atoms with van der Waals surface area (Å²) in [6.07, 6.45) is 4.89. The van der Waals surface area contributed by atoms with Crippen molar-refractivity contribution in [1.82, 2.24) is 10.3 Å². The maximum absolute atomic E-state index is 11.6. The van der Waals surface area contributed by atoms with Crippen molar-refractivity contribution in [3.05, 3.63) is 88.5 Å². The van der Waals surface area contributed by atoms with E-state index in [4.69, 9.17) is 0 Å². The van der Waals surface area contributed by atoms with Gasteiger partial charge in [0.25, 0.3) is 0 Å². The molecule has 1 aromatic heterocycles. The Morgan fingerprint density at radius 3 is 2.26 bits per heavy atom. The lowest BCUT2D eigenvalue weighted by atomic mass is 9.99. The fourth-order valence-electron chi connectivity index (χ4n) is 4.88. The Balaban J connectivity index is 1.36. The van der Waals surface area contributed by atoms with Gasteiger partial charge in [-0.2, -0.15) is 0 Å². The third-order valence-electron chi connectivity index (χ3n) is 6.54. The van der Waals surface area contributed by atoms with E-state index in [2.05, 4.69) is 47.1 Å². The van der Waals surface area contributed by atoms with Crippen LogP contribution in [0.3, 0.4) is 0 Å². The van der Waals surface area contributed by atoms with Crippen molar-refractivity contribution in [2.45, 2.75) is 39.5 Å². The zero-order valence-electron chi connectivity index (χ0n) is 22.1. The molecule has 0 saturated carbocycles. The first-order chi connectivity index (χ1) is 18.1. The van der Waals surface area contributed by atoms with Crippen LogP contribution in [0.15, 0.2) is 60.7 Å². The molecule has 0 aliphatic rings. The smallest absolute Gasteiger partial charge is 0.335 e. The molecule has 7 nitrogen and oxygen atoms in total.